The minimum atomic E-state index is -4.32. The van der Waals surface area contributed by atoms with Gasteiger partial charge >= 0.3 is 6.18 Å². The van der Waals surface area contributed by atoms with Crippen LogP contribution in [0.5, 0.6) is 0 Å². The minimum absolute atomic E-state index is 0.259. The molecule has 1 aromatic carbocycles. The third kappa shape index (κ3) is 5.39. The first-order valence-electron chi connectivity index (χ1n) is 12.3. The highest BCUT2D eigenvalue weighted by atomic mass is 19.4. The predicted octanol–water partition coefficient (Wildman–Crippen LogP) is 4.62. The molecule has 6 nitrogen and oxygen atoms in total. The van der Waals surface area contributed by atoms with Crippen molar-refractivity contribution in [3.8, 4) is 5.69 Å². The molecule has 4 heterocycles. The van der Waals surface area contributed by atoms with Crippen LogP contribution in [0.1, 0.15) is 36.2 Å². The quantitative estimate of drug-likeness (QED) is 0.456. The van der Waals surface area contributed by atoms with Crippen LogP contribution in [0, 0.1) is 0 Å². The number of aromatic nitrogens is 3. The molecule has 0 saturated carbocycles. The molecule has 3 aromatic rings. The molecule has 5 rings (SSSR count). The average molecular weight is 503 g/mol. The zero-order valence-corrected chi connectivity index (χ0v) is 20.1. The Morgan fingerprint density at radius 1 is 1.14 bits per heavy atom. The summed E-state index contributed by atoms with van der Waals surface area (Å²) >= 11 is 0. The van der Waals surface area contributed by atoms with E-state index in [9.17, 15) is 17.6 Å². The van der Waals surface area contributed by atoms with E-state index in [0.29, 0.717) is 18.5 Å². The van der Waals surface area contributed by atoms with E-state index in [-0.39, 0.29) is 18.8 Å². The molecule has 2 aliphatic rings. The number of pyridine rings is 1. The Labute approximate surface area is 207 Å². The minimum Gasteiger partial charge on any atom is -0.378 e. The maximum atomic E-state index is 13.6. The van der Waals surface area contributed by atoms with Gasteiger partial charge in [-0.3, -0.25) is 19.2 Å². The summed E-state index contributed by atoms with van der Waals surface area (Å²) in [5.41, 5.74) is 4.13. The highest BCUT2D eigenvalue weighted by Crippen LogP contribution is 2.39. The molecule has 36 heavy (non-hydrogen) atoms. The number of benzene rings is 1. The van der Waals surface area contributed by atoms with Gasteiger partial charge in [0.1, 0.15) is 0 Å². The summed E-state index contributed by atoms with van der Waals surface area (Å²) in [5, 5.41) is 7.69. The highest BCUT2D eigenvalue weighted by Gasteiger charge is 2.41. The van der Waals surface area contributed by atoms with E-state index >= 15 is 0 Å². The fraction of sp³-hybridized carbons (Fsp3) is 0.462. The molecule has 0 spiro atoms. The lowest BCUT2D eigenvalue weighted by Gasteiger charge is -2.42. The second-order valence-electron chi connectivity index (χ2n) is 9.69. The van der Waals surface area contributed by atoms with Gasteiger partial charge in [0.2, 0.25) is 0 Å². The Morgan fingerprint density at radius 2 is 1.97 bits per heavy atom. The van der Waals surface area contributed by atoms with Crippen molar-refractivity contribution in [2.24, 2.45) is 0 Å². The predicted molar refractivity (Wildman–Crippen MR) is 130 cm³/mol. The third-order valence-electron chi connectivity index (χ3n) is 6.97. The third-order valence-corrected chi connectivity index (χ3v) is 6.97. The number of rotatable bonds is 8. The number of fused-ring (bicyclic) bond motifs is 1. The molecule has 1 N–H and O–H groups in total. The maximum absolute atomic E-state index is 13.6. The van der Waals surface area contributed by atoms with Crippen LogP contribution in [0.2, 0.25) is 0 Å². The lowest BCUT2D eigenvalue weighted by molar-refractivity contribution is -0.155. The fourth-order valence-electron chi connectivity index (χ4n) is 5.27. The van der Waals surface area contributed by atoms with Crippen LogP contribution in [-0.4, -0.2) is 75.7 Å². The molecular weight excluding hydrogens is 472 g/mol. The zero-order chi connectivity index (χ0) is 25.3. The largest absolute Gasteiger partial charge is 0.401 e. The van der Waals surface area contributed by atoms with Gasteiger partial charge < -0.3 is 5.32 Å². The monoisotopic (exact) mass is 502 g/mol. The van der Waals surface area contributed by atoms with Crippen molar-refractivity contribution in [1.82, 2.24) is 24.6 Å². The molecule has 10 heteroatoms. The van der Waals surface area contributed by atoms with Gasteiger partial charge in [-0.25, -0.2) is 4.68 Å². The Hall–Kier alpha value is -2.98. The van der Waals surface area contributed by atoms with E-state index in [0.717, 1.165) is 42.1 Å². The first-order valence-corrected chi connectivity index (χ1v) is 12.3. The molecule has 2 unspecified atom stereocenters. The van der Waals surface area contributed by atoms with Gasteiger partial charge in [-0.15, -0.1) is 0 Å². The van der Waals surface area contributed by atoms with Crippen molar-refractivity contribution in [2.45, 2.75) is 44.1 Å². The van der Waals surface area contributed by atoms with Crippen LogP contribution in [0.4, 0.5) is 23.2 Å². The van der Waals surface area contributed by atoms with Gasteiger partial charge in [0.15, 0.2) is 0 Å². The normalized spacial score (nSPS) is 21.2. The van der Waals surface area contributed by atoms with Gasteiger partial charge in [0.25, 0.3) is 0 Å². The van der Waals surface area contributed by atoms with Crippen LogP contribution >= 0.6 is 0 Å². The average Bonchev–Trinajstić information content (AvgIpc) is 3.35. The van der Waals surface area contributed by atoms with E-state index in [4.69, 9.17) is 0 Å². The Bertz CT molecular complexity index is 1140. The number of halogens is 4. The summed E-state index contributed by atoms with van der Waals surface area (Å²) in [4.78, 5) is 8.30. The highest BCUT2D eigenvalue weighted by molar-refractivity contribution is 5.48. The molecule has 0 aliphatic carbocycles. The summed E-state index contributed by atoms with van der Waals surface area (Å²) in [5.74, 6) is 0. The molecule has 0 bridgehead atoms. The van der Waals surface area contributed by atoms with E-state index in [1.807, 2.05) is 49.5 Å². The molecule has 2 atom stereocenters. The molecule has 0 radical (unpaired) electrons. The van der Waals surface area contributed by atoms with E-state index in [1.54, 1.807) is 17.1 Å². The molecule has 0 amide bonds. The van der Waals surface area contributed by atoms with Crippen molar-refractivity contribution in [1.29, 1.82) is 0 Å². The number of hydrogen-bond acceptors (Lipinski definition) is 5. The Morgan fingerprint density at radius 3 is 2.64 bits per heavy atom. The molecule has 1 fully saturated rings. The Balaban J connectivity index is 1.39. The lowest BCUT2D eigenvalue weighted by atomic mass is 9.86. The number of nitrogens with one attached hydrogen (secondary N) is 1. The van der Waals surface area contributed by atoms with Crippen molar-refractivity contribution in [3.63, 3.8) is 0 Å². The number of nitrogens with zero attached hydrogens (tertiary/aromatic N) is 5. The van der Waals surface area contributed by atoms with Gasteiger partial charge in [-0.2, -0.15) is 18.3 Å². The van der Waals surface area contributed by atoms with E-state index < -0.39 is 18.8 Å². The topological polar surface area (TPSA) is 49.2 Å². The summed E-state index contributed by atoms with van der Waals surface area (Å²) in [6, 6.07) is 10.7. The van der Waals surface area contributed by atoms with Crippen molar-refractivity contribution in [2.75, 3.05) is 38.2 Å². The second-order valence-corrected chi connectivity index (χ2v) is 9.69. The number of anilines is 1. The van der Waals surface area contributed by atoms with Crippen LogP contribution in [-0.2, 0) is 6.42 Å². The maximum Gasteiger partial charge on any atom is 0.401 e. The van der Waals surface area contributed by atoms with Crippen LogP contribution in [0.3, 0.4) is 0 Å². The standard InChI is InChI=1S/C26H30F4N6/c1-18-12-19-13-22(36-11-3-9-32-36)5-6-23(19)25(35(18)17-26(28,29)30)24-7-4-20(14-31-24)33-21-15-34(16-21)10-2-8-27/h3-7,9,11,13-14,18,21,25,33H,2,8,10,12,15-17H2,1H3. The number of alkyl halides is 4. The molecular formula is C26H30F4N6. The number of likely N-dealkylation sites (tertiary alicyclic amines) is 1. The van der Waals surface area contributed by atoms with Crippen molar-refractivity contribution >= 4 is 5.69 Å². The van der Waals surface area contributed by atoms with Crippen molar-refractivity contribution in [3.05, 3.63) is 71.8 Å². The molecule has 1 saturated heterocycles. The van der Waals surface area contributed by atoms with Crippen LogP contribution in [0.25, 0.3) is 5.69 Å². The second kappa shape index (κ2) is 10.2. The van der Waals surface area contributed by atoms with Crippen LogP contribution in [0.15, 0.2) is 55.0 Å². The Kier molecular flexibility index (Phi) is 6.98. The summed E-state index contributed by atoms with van der Waals surface area (Å²) < 4.78 is 54.8. The van der Waals surface area contributed by atoms with E-state index in [1.165, 1.54) is 4.90 Å². The SMILES string of the molecule is CC1Cc2cc(-n3cccn3)ccc2C(c2ccc(NC3CN(CCCF)C3)cn2)N1CC(F)(F)F. The van der Waals surface area contributed by atoms with E-state index in [2.05, 4.69) is 20.3 Å². The fourth-order valence-corrected chi connectivity index (χ4v) is 5.27. The molecule has 192 valence electrons. The summed E-state index contributed by atoms with van der Waals surface area (Å²) in [6.45, 7) is 2.96. The first-order chi connectivity index (χ1) is 17.3. The zero-order valence-electron chi connectivity index (χ0n) is 20.1. The van der Waals surface area contributed by atoms with Gasteiger partial charge in [-0.1, -0.05) is 6.07 Å². The van der Waals surface area contributed by atoms with Gasteiger partial charge in [0, 0.05) is 38.1 Å². The first kappa shape index (κ1) is 24.7. The van der Waals surface area contributed by atoms with Crippen LogP contribution < -0.4 is 5.32 Å². The van der Waals surface area contributed by atoms with Crippen molar-refractivity contribution < 1.29 is 17.6 Å². The van der Waals surface area contributed by atoms with Gasteiger partial charge in [-0.05, 0) is 61.2 Å². The van der Waals surface area contributed by atoms with Gasteiger partial charge in [0.05, 0.1) is 48.6 Å². The lowest BCUT2D eigenvalue weighted by Crippen LogP contribution is -2.54. The summed E-state index contributed by atoms with van der Waals surface area (Å²) in [6.07, 6.45) is 1.97. The smallest absolute Gasteiger partial charge is 0.378 e. The number of hydrogen-bond donors (Lipinski definition) is 1. The summed E-state index contributed by atoms with van der Waals surface area (Å²) in [7, 11) is 0. The molecule has 2 aliphatic heterocycles. The molecule has 2 aromatic heterocycles.